The molecule has 0 radical (unpaired) electrons. The number of benzene rings is 1. The van der Waals surface area contributed by atoms with Crippen LogP contribution in [0.1, 0.15) is 36.0 Å². The summed E-state index contributed by atoms with van der Waals surface area (Å²) < 4.78 is 13.2. The first-order valence-corrected chi connectivity index (χ1v) is 7.47. The van der Waals surface area contributed by atoms with Gasteiger partial charge in [0.1, 0.15) is 5.82 Å². The van der Waals surface area contributed by atoms with Crippen LogP contribution in [0.2, 0.25) is 0 Å². The summed E-state index contributed by atoms with van der Waals surface area (Å²) in [6.45, 7) is 0.681. The van der Waals surface area contributed by atoms with Gasteiger partial charge in [0.2, 0.25) is 0 Å². The van der Waals surface area contributed by atoms with Gasteiger partial charge >= 0.3 is 0 Å². The maximum atomic E-state index is 13.2. The van der Waals surface area contributed by atoms with Crippen LogP contribution in [-0.2, 0) is 0 Å². The van der Waals surface area contributed by atoms with E-state index in [1.807, 2.05) is 4.90 Å². The van der Waals surface area contributed by atoms with Gasteiger partial charge in [0.05, 0.1) is 0 Å². The summed E-state index contributed by atoms with van der Waals surface area (Å²) in [5, 5.41) is 0.755. The lowest BCUT2D eigenvalue weighted by Crippen LogP contribution is -2.40. The minimum absolute atomic E-state index is 0.0548. The molecule has 0 aliphatic heterocycles. The second-order valence-electron chi connectivity index (χ2n) is 4.64. The lowest BCUT2D eigenvalue weighted by molar-refractivity contribution is 0.0696. The summed E-state index contributed by atoms with van der Waals surface area (Å²) in [4.78, 5) is 14.3. The molecule has 0 unspecified atom stereocenters. The van der Waals surface area contributed by atoms with Crippen molar-refractivity contribution in [3.8, 4) is 0 Å². The average Bonchev–Trinajstić information content (AvgIpc) is 2.89. The third-order valence-corrected chi connectivity index (χ3v) is 3.78. The Kier molecular flexibility index (Phi) is 4.75. The third kappa shape index (κ3) is 3.10. The lowest BCUT2D eigenvalue weighted by Gasteiger charge is -2.28. The van der Waals surface area contributed by atoms with E-state index >= 15 is 0 Å². The van der Waals surface area contributed by atoms with Crippen LogP contribution in [0.3, 0.4) is 0 Å². The standard InChI is InChI=1S/C14H17BrFNO/c15-8-9-17(13-6-1-2-7-13)14(18)11-4-3-5-12(16)10-11/h3-5,10,13H,1-2,6-9H2. The molecule has 4 heteroatoms. The van der Waals surface area contributed by atoms with E-state index < -0.39 is 0 Å². The zero-order valence-electron chi connectivity index (χ0n) is 10.2. The highest BCUT2D eigenvalue weighted by molar-refractivity contribution is 9.09. The SMILES string of the molecule is O=C(c1cccc(F)c1)N(CCBr)C1CCCC1. The van der Waals surface area contributed by atoms with Gasteiger partial charge in [-0.3, -0.25) is 4.79 Å². The van der Waals surface area contributed by atoms with Crippen LogP contribution in [0.25, 0.3) is 0 Å². The highest BCUT2D eigenvalue weighted by Crippen LogP contribution is 2.25. The Morgan fingerprint density at radius 1 is 1.39 bits per heavy atom. The van der Waals surface area contributed by atoms with E-state index in [0.717, 1.165) is 18.2 Å². The molecule has 0 aromatic heterocycles. The van der Waals surface area contributed by atoms with E-state index in [4.69, 9.17) is 0 Å². The predicted molar refractivity (Wildman–Crippen MR) is 73.5 cm³/mol. The second-order valence-corrected chi connectivity index (χ2v) is 5.43. The zero-order valence-corrected chi connectivity index (χ0v) is 11.8. The summed E-state index contributed by atoms with van der Waals surface area (Å²) >= 11 is 3.38. The smallest absolute Gasteiger partial charge is 0.254 e. The average molecular weight is 314 g/mol. The van der Waals surface area contributed by atoms with Crippen LogP contribution in [-0.4, -0.2) is 28.7 Å². The fourth-order valence-corrected chi connectivity index (χ4v) is 2.93. The van der Waals surface area contributed by atoms with Gasteiger partial charge in [0, 0.05) is 23.5 Å². The molecule has 1 aromatic rings. The minimum Gasteiger partial charge on any atom is -0.335 e. The molecule has 0 atom stereocenters. The molecule has 1 saturated carbocycles. The summed E-state index contributed by atoms with van der Waals surface area (Å²) in [5.41, 5.74) is 0.447. The molecule has 1 aromatic carbocycles. The molecule has 1 aliphatic rings. The molecule has 0 heterocycles. The Bertz CT molecular complexity index is 418. The van der Waals surface area contributed by atoms with Crippen molar-refractivity contribution in [3.63, 3.8) is 0 Å². The van der Waals surface area contributed by atoms with Gasteiger partial charge < -0.3 is 4.90 Å². The van der Waals surface area contributed by atoms with Crippen molar-refractivity contribution in [2.75, 3.05) is 11.9 Å². The highest BCUT2D eigenvalue weighted by Gasteiger charge is 2.26. The van der Waals surface area contributed by atoms with Gasteiger partial charge in [-0.15, -0.1) is 0 Å². The maximum absolute atomic E-state index is 13.2. The van der Waals surface area contributed by atoms with Crippen molar-refractivity contribution in [3.05, 3.63) is 35.6 Å². The molecular weight excluding hydrogens is 297 g/mol. The van der Waals surface area contributed by atoms with Crippen molar-refractivity contribution in [1.29, 1.82) is 0 Å². The largest absolute Gasteiger partial charge is 0.335 e. The first-order chi connectivity index (χ1) is 8.72. The number of carbonyl (C=O) groups excluding carboxylic acids is 1. The van der Waals surface area contributed by atoms with E-state index in [1.54, 1.807) is 12.1 Å². The topological polar surface area (TPSA) is 20.3 Å². The molecule has 0 N–H and O–H groups in total. The van der Waals surface area contributed by atoms with Gasteiger partial charge in [0.25, 0.3) is 5.91 Å². The van der Waals surface area contributed by atoms with E-state index in [-0.39, 0.29) is 11.7 Å². The van der Waals surface area contributed by atoms with Gasteiger partial charge in [-0.1, -0.05) is 34.8 Å². The Morgan fingerprint density at radius 2 is 2.11 bits per heavy atom. The minimum atomic E-state index is -0.355. The fraction of sp³-hybridized carbons (Fsp3) is 0.500. The Hall–Kier alpha value is -0.900. The number of rotatable bonds is 4. The molecule has 0 saturated heterocycles. The monoisotopic (exact) mass is 313 g/mol. The number of hydrogen-bond acceptors (Lipinski definition) is 1. The van der Waals surface area contributed by atoms with Crippen LogP contribution >= 0.6 is 15.9 Å². The summed E-state index contributed by atoms with van der Waals surface area (Å²) in [6, 6.07) is 6.27. The van der Waals surface area contributed by atoms with Gasteiger partial charge in [0.15, 0.2) is 0 Å². The lowest BCUT2D eigenvalue weighted by atomic mass is 10.1. The van der Waals surface area contributed by atoms with Crippen LogP contribution in [0.4, 0.5) is 4.39 Å². The number of hydrogen-bond donors (Lipinski definition) is 0. The molecule has 0 bridgehead atoms. The summed E-state index contributed by atoms with van der Waals surface area (Å²) in [7, 11) is 0. The molecule has 1 amide bonds. The third-order valence-electron chi connectivity index (χ3n) is 3.42. The molecule has 2 nitrogen and oxygen atoms in total. The molecule has 0 spiro atoms. The molecule has 1 aliphatic carbocycles. The van der Waals surface area contributed by atoms with Crippen LogP contribution in [0, 0.1) is 5.82 Å². The van der Waals surface area contributed by atoms with E-state index in [0.29, 0.717) is 18.2 Å². The number of alkyl halides is 1. The number of amides is 1. The Labute approximate surface area is 115 Å². The van der Waals surface area contributed by atoms with E-state index in [9.17, 15) is 9.18 Å². The number of carbonyl (C=O) groups is 1. The zero-order chi connectivity index (χ0) is 13.0. The molecule has 98 valence electrons. The maximum Gasteiger partial charge on any atom is 0.254 e. The highest BCUT2D eigenvalue weighted by atomic mass is 79.9. The molecule has 1 fully saturated rings. The fourth-order valence-electron chi connectivity index (χ4n) is 2.54. The quantitative estimate of drug-likeness (QED) is 0.778. The van der Waals surface area contributed by atoms with E-state index in [2.05, 4.69) is 15.9 Å². The molecule has 18 heavy (non-hydrogen) atoms. The number of halogens is 2. The summed E-state index contributed by atoms with van der Waals surface area (Å²) in [6.07, 6.45) is 4.49. The second kappa shape index (κ2) is 6.32. The first kappa shape index (κ1) is 13.5. The van der Waals surface area contributed by atoms with Crippen LogP contribution in [0.5, 0.6) is 0 Å². The van der Waals surface area contributed by atoms with Crippen molar-refractivity contribution in [2.24, 2.45) is 0 Å². The van der Waals surface area contributed by atoms with Crippen molar-refractivity contribution in [1.82, 2.24) is 4.90 Å². The van der Waals surface area contributed by atoms with E-state index in [1.165, 1.54) is 25.0 Å². The first-order valence-electron chi connectivity index (χ1n) is 6.35. The Morgan fingerprint density at radius 3 is 2.72 bits per heavy atom. The summed E-state index contributed by atoms with van der Waals surface area (Å²) in [5.74, 6) is -0.410. The van der Waals surface area contributed by atoms with Crippen molar-refractivity contribution < 1.29 is 9.18 Å². The Balaban J connectivity index is 2.17. The molecular formula is C14H17BrFNO. The normalized spacial score (nSPS) is 15.9. The van der Waals surface area contributed by atoms with Gasteiger partial charge in [-0.05, 0) is 31.0 Å². The van der Waals surface area contributed by atoms with Crippen molar-refractivity contribution >= 4 is 21.8 Å². The number of nitrogens with zero attached hydrogens (tertiary/aromatic N) is 1. The van der Waals surface area contributed by atoms with Crippen LogP contribution < -0.4 is 0 Å². The van der Waals surface area contributed by atoms with Crippen LogP contribution in [0.15, 0.2) is 24.3 Å². The van der Waals surface area contributed by atoms with Crippen molar-refractivity contribution in [2.45, 2.75) is 31.7 Å². The molecule has 2 rings (SSSR count). The van der Waals surface area contributed by atoms with Gasteiger partial charge in [-0.2, -0.15) is 0 Å². The predicted octanol–water partition coefficient (Wildman–Crippen LogP) is 3.61. The van der Waals surface area contributed by atoms with Gasteiger partial charge in [-0.25, -0.2) is 4.39 Å².